The van der Waals surface area contributed by atoms with Crippen molar-refractivity contribution in [2.45, 2.75) is 131 Å². The van der Waals surface area contributed by atoms with Crippen LogP contribution in [0.15, 0.2) is 328 Å². The van der Waals surface area contributed by atoms with Crippen molar-refractivity contribution in [1.29, 1.82) is 0 Å². The van der Waals surface area contributed by atoms with E-state index in [4.69, 9.17) is 0 Å². The van der Waals surface area contributed by atoms with Crippen LogP contribution in [0.25, 0.3) is 122 Å². The first-order chi connectivity index (χ1) is 55.2. The van der Waals surface area contributed by atoms with Crippen molar-refractivity contribution in [2.75, 3.05) is 9.80 Å². The molecule has 5 heteroatoms. The normalized spacial score (nSPS) is 13.1. The molecule has 4 heterocycles. The summed E-state index contributed by atoms with van der Waals surface area (Å²) in [5, 5.41) is 4.89. The molecule has 0 saturated carbocycles. The van der Waals surface area contributed by atoms with Gasteiger partial charge in [0.1, 0.15) is 0 Å². The average molecular weight is 1490 g/mol. The summed E-state index contributed by atoms with van der Waals surface area (Å²) in [5.74, 6) is 0. The zero-order valence-corrected chi connectivity index (χ0v) is 69.0. The van der Waals surface area contributed by atoms with Gasteiger partial charge in [0.15, 0.2) is 0 Å². The van der Waals surface area contributed by atoms with Crippen molar-refractivity contribution in [1.82, 2.24) is 9.13 Å². The van der Waals surface area contributed by atoms with Crippen molar-refractivity contribution >= 4 is 101 Å². The molecule has 0 aliphatic carbocycles. The van der Waals surface area contributed by atoms with Gasteiger partial charge in [0, 0.05) is 72.5 Å². The minimum absolute atomic E-state index is 0.113. The number of benzene rings is 15. The summed E-state index contributed by atoms with van der Waals surface area (Å²) >= 11 is 0. The van der Waals surface area contributed by atoms with Crippen LogP contribution in [-0.4, -0.2) is 15.8 Å². The molecular formula is C110H99BN4. The van der Waals surface area contributed by atoms with Gasteiger partial charge in [-0.05, 0) is 224 Å². The molecule has 2 aliphatic rings. The molecule has 0 spiro atoms. The Labute approximate surface area is 679 Å². The molecule has 2 aliphatic heterocycles. The molecule has 0 atom stereocenters. The Morgan fingerprint density at radius 3 is 0.991 bits per heavy atom. The van der Waals surface area contributed by atoms with Gasteiger partial charge in [-0.1, -0.05) is 334 Å². The van der Waals surface area contributed by atoms with E-state index in [-0.39, 0.29) is 33.8 Å². The summed E-state index contributed by atoms with van der Waals surface area (Å²) in [5.41, 5.74) is 37.0. The highest BCUT2D eigenvalue weighted by Gasteiger charge is 2.46. The smallest absolute Gasteiger partial charge is 0.252 e. The van der Waals surface area contributed by atoms with E-state index in [1.54, 1.807) is 0 Å². The molecule has 2 aromatic heterocycles. The van der Waals surface area contributed by atoms with Gasteiger partial charge < -0.3 is 18.9 Å². The molecule has 17 aromatic rings. The van der Waals surface area contributed by atoms with E-state index in [1.807, 2.05) is 0 Å². The fraction of sp³-hybridized carbons (Fsp3) is 0.182. The van der Waals surface area contributed by atoms with E-state index < -0.39 is 0 Å². The molecule has 0 fully saturated rings. The van der Waals surface area contributed by atoms with Crippen molar-refractivity contribution < 1.29 is 0 Å². The second kappa shape index (κ2) is 27.1. The van der Waals surface area contributed by atoms with E-state index in [1.165, 1.54) is 105 Å². The lowest BCUT2D eigenvalue weighted by Crippen LogP contribution is -2.61. The Hall–Kier alpha value is -12.4. The molecule has 115 heavy (non-hydrogen) atoms. The summed E-state index contributed by atoms with van der Waals surface area (Å²) in [7, 11) is 0. The lowest BCUT2D eigenvalue weighted by Gasteiger charge is -2.45. The van der Waals surface area contributed by atoms with Gasteiger partial charge in [-0.25, -0.2) is 0 Å². The van der Waals surface area contributed by atoms with Crippen LogP contribution in [0.1, 0.15) is 132 Å². The fourth-order valence-corrected chi connectivity index (χ4v) is 18.2. The predicted octanol–water partition coefficient (Wildman–Crippen LogP) is 28.5. The number of fused-ring (bicyclic) bond motifs is 10. The number of hydrogen-bond donors (Lipinski definition) is 0. The number of para-hydroxylation sites is 3. The summed E-state index contributed by atoms with van der Waals surface area (Å²) < 4.78 is 4.99. The standard InChI is InChI=1S/C110H99BN4/c1-106(2,3)80-55-77(56-81(64-80)107(4,5)6)74-48-51-94-100(61-74)115(105-91(72-38-24-18-25-39-72)66-84(110(13,14)15)67-92(105)73-40-26-19-27-41-73)103-63-79(78-57-82(108(7,8)9)65-83(58-78)109(10,11)12)62-102-104(103)111(94)95-52-49-86(69-101(95)114(102)87-59-75(70-34-20-16-21-35-70)54-76(60-87)71-36-22-17-23-37-71)113-98-47-33-30-44-90(98)93-68-85(50-53-99(93)113)112-96-45-31-28-42-88(96)89-43-29-32-46-97(89)112/h16-69H,1-15H3. The van der Waals surface area contributed by atoms with Crippen LogP contribution in [0.4, 0.5) is 34.1 Å². The molecule has 19 rings (SSSR count). The first-order valence-corrected chi connectivity index (χ1v) is 41.1. The number of aromatic nitrogens is 2. The molecule has 0 saturated heterocycles. The molecule has 15 aromatic carbocycles. The third-order valence-corrected chi connectivity index (χ3v) is 24.6. The van der Waals surface area contributed by atoms with E-state index >= 15 is 0 Å². The Morgan fingerprint density at radius 2 is 0.539 bits per heavy atom. The maximum Gasteiger partial charge on any atom is 0.252 e. The fourth-order valence-electron chi connectivity index (χ4n) is 18.2. The topological polar surface area (TPSA) is 16.3 Å². The van der Waals surface area contributed by atoms with Gasteiger partial charge in [0.2, 0.25) is 0 Å². The second-order valence-electron chi connectivity index (χ2n) is 37.5. The minimum atomic E-state index is -0.260. The molecule has 0 unspecified atom stereocenters. The first-order valence-electron chi connectivity index (χ1n) is 41.1. The third-order valence-electron chi connectivity index (χ3n) is 24.6. The highest BCUT2D eigenvalue weighted by atomic mass is 15.2. The van der Waals surface area contributed by atoms with Gasteiger partial charge >= 0.3 is 0 Å². The molecule has 0 amide bonds. The number of rotatable bonds is 10. The Bertz CT molecular complexity index is 6480. The summed E-state index contributed by atoms with van der Waals surface area (Å²) in [6.45, 7) is 35.2. The molecular weight excluding hydrogens is 1390 g/mol. The number of anilines is 6. The number of nitrogens with zero attached hydrogens (tertiary/aromatic N) is 4. The SMILES string of the molecule is CC(C)(C)c1cc(-c2ccc3c(c2)N(c2c(-c4ccccc4)cc(C(C)(C)C)cc2-c2ccccc2)c2cc(-c4cc(C(C)(C)C)cc(C(C)(C)C)c4)cc4c2B3c2ccc(-n3c5ccccc5c5cc(-n6c7ccccc7c7ccccc76)ccc53)cc2N4c2cc(-c3ccccc3)cc(-c3ccccc3)c2)cc(C(C)(C)C)c1. The Morgan fingerprint density at radius 1 is 0.209 bits per heavy atom. The van der Waals surface area contributed by atoms with Crippen LogP contribution in [0.2, 0.25) is 0 Å². The van der Waals surface area contributed by atoms with Crippen molar-refractivity contribution in [2.24, 2.45) is 0 Å². The van der Waals surface area contributed by atoms with Crippen LogP contribution in [0.3, 0.4) is 0 Å². The van der Waals surface area contributed by atoms with Gasteiger partial charge in [0.25, 0.3) is 6.71 Å². The van der Waals surface area contributed by atoms with Crippen LogP contribution in [0.5, 0.6) is 0 Å². The molecule has 0 N–H and O–H groups in total. The number of hydrogen-bond acceptors (Lipinski definition) is 2. The highest BCUT2D eigenvalue weighted by molar-refractivity contribution is 7.00. The molecule has 562 valence electrons. The van der Waals surface area contributed by atoms with E-state index in [0.29, 0.717) is 0 Å². The Kier molecular flexibility index (Phi) is 17.2. The largest absolute Gasteiger partial charge is 0.311 e. The third kappa shape index (κ3) is 12.7. The monoisotopic (exact) mass is 1490 g/mol. The summed E-state index contributed by atoms with van der Waals surface area (Å²) in [6.07, 6.45) is 0. The minimum Gasteiger partial charge on any atom is -0.311 e. The van der Waals surface area contributed by atoms with Gasteiger partial charge in [0.05, 0.1) is 27.8 Å². The molecule has 0 bridgehead atoms. The highest BCUT2D eigenvalue weighted by Crippen LogP contribution is 2.55. The maximum atomic E-state index is 2.75. The zero-order chi connectivity index (χ0) is 79.4. The zero-order valence-electron chi connectivity index (χ0n) is 69.0. The van der Waals surface area contributed by atoms with Gasteiger partial charge in [-0.3, -0.25) is 0 Å². The maximum absolute atomic E-state index is 2.75. The quantitative estimate of drug-likeness (QED) is 0.127. The summed E-state index contributed by atoms with van der Waals surface area (Å²) in [6, 6.07) is 126. The average Bonchev–Trinajstić information content (AvgIpc) is 1.06. The van der Waals surface area contributed by atoms with Gasteiger partial charge in [-0.15, -0.1) is 0 Å². The van der Waals surface area contributed by atoms with Crippen molar-refractivity contribution in [3.63, 3.8) is 0 Å². The Balaban J connectivity index is 0.976. The van der Waals surface area contributed by atoms with Crippen LogP contribution >= 0.6 is 0 Å². The predicted molar refractivity (Wildman–Crippen MR) is 495 cm³/mol. The van der Waals surface area contributed by atoms with E-state index in [0.717, 1.165) is 95.5 Å². The second-order valence-corrected chi connectivity index (χ2v) is 37.5. The first kappa shape index (κ1) is 72.8. The lowest BCUT2D eigenvalue weighted by molar-refractivity contribution is 0.568. The molecule has 4 nitrogen and oxygen atoms in total. The van der Waals surface area contributed by atoms with Crippen LogP contribution in [-0.2, 0) is 27.1 Å². The van der Waals surface area contributed by atoms with E-state index in [9.17, 15) is 0 Å². The molecule has 0 radical (unpaired) electrons. The van der Waals surface area contributed by atoms with Crippen LogP contribution in [0, 0.1) is 0 Å². The van der Waals surface area contributed by atoms with Crippen molar-refractivity contribution in [3.05, 3.63) is 355 Å². The van der Waals surface area contributed by atoms with Crippen LogP contribution < -0.4 is 26.2 Å². The van der Waals surface area contributed by atoms with Crippen molar-refractivity contribution in [3.8, 4) is 78.1 Å². The van der Waals surface area contributed by atoms with Gasteiger partial charge in [-0.2, -0.15) is 0 Å². The summed E-state index contributed by atoms with van der Waals surface area (Å²) in [4.78, 5) is 5.44. The van der Waals surface area contributed by atoms with E-state index in [2.05, 4.69) is 450 Å². The lowest BCUT2D eigenvalue weighted by atomic mass is 9.33.